The van der Waals surface area contributed by atoms with Crippen molar-refractivity contribution in [2.45, 2.75) is 12.8 Å². The van der Waals surface area contributed by atoms with Gasteiger partial charge in [-0.3, -0.25) is 0 Å². The molecule has 0 unspecified atom stereocenters. The maximum Gasteiger partial charge on any atom is 0.0701 e. The molecular weight excluding hydrogens is 409 g/mol. The van der Waals surface area contributed by atoms with Gasteiger partial charge in [-0.2, -0.15) is 0 Å². The molecule has 1 aromatic carbocycles. The standard InChI is InChI=1S/C17H28INO4/c1-20-8-10-22-6-3-4-15-12-16(18)14-17(13-15)19-5-7-23-11-9-21-2/h12-14,19H,3-11H2,1-2H3. The first-order valence-electron chi connectivity index (χ1n) is 7.93. The molecule has 1 N–H and O–H groups in total. The van der Waals surface area contributed by atoms with E-state index in [1.165, 1.54) is 9.13 Å². The van der Waals surface area contributed by atoms with Crippen molar-refractivity contribution in [3.05, 3.63) is 27.3 Å². The zero-order chi connectivity index (χ0) is 16.8. The van der Waals surface area contributed by atoms with Crippen molar-refractivity contribution in [2.75, 3.05) is 65.7 Å². The number of halogens is 1. The van der Waals surface area contributed by atoms with Crippen LogP contribution in [0.4, 0.5) is 5.69 Å². The fraction of sp³-hybridized carbons (Fsp3) is 0.647. The van der Waals surface area contributed by atoms with Crippen LogP contribution in [-0.2, 0) is 25.4 Å². The van der Waals surface area contributed by atoms with Crippen molar-refractivity contribution in [3.63, 3.8) is 0 Å². The lowest BCUT2D eigenvalue weighted by molar-refractivity contribution is 0.0695. The molecule has 1 rings (SSSR count). The van der Waals surface area contributed by atoms with Crippen LogP contribution >= 0.6 is 22.6 Å². The van der Waals surface area contributed by atoms with E-state index < -0.39 is 0 Å². The number of benzene rings is 1. The molecule has 1 aromatic rings. The van der Waals surface area contributed by atoms with Gasteiger partial charge in [0.25, 0.3) is 0 Å². The maximum absolute atomic E-state index is 5.50. The topological polar surface area (TPSA) is 49.0 Å². The van der Waals surface area contributed by atoms with Gasteiger partial charge < -0.3 is 24.3 Å². The van der Waals surface area contributed by atoms with E-state index in [0.29, 0.717) is 33.0 Å². The number of hydrogen-bond acceptors (Lipinski definition) is 5. The number of aryl methyl sites for hydroxylation is 1. The summed E-state index contributed by atoms with van der Waals surface area (Å²) in [6.07, 6.45) is 2.03. The minimum atomic E-state index is 0.638. The number of ether oxygens (including phenoxy) is 4. The minimum absolute atomic E-state index is 0.638. The summed E-state index contributed by atoms with van der Waals surface area (Å²) in [4.78, 5) is 0. The van der Waals surface area contributed by atoms with Gasteiger partial charge in [-0.25, -0.2) is 0 Å². The summed E-state index contributed by atoms with van der Waals surface area (Å²) in [5.41, 5.74) is 2.47. The highest BCUT2D eigenvalue weighted by atomic mass is 127. The lowest BCUT2D eigenvalue weighted by Crippen LogP contribution is -2.12. The molecule has 23 heavy (non-hydrogen) atoms. The quantitative estimate of drug-likeness (QED) is 0.358. The second-order valence-electron chi connectivity index (χ2n) is 5.09. The number of rotatable bonds is 14. The molecule has 6 heteroatoms. The van der Waals surface area contributed by atoms with Crippen molar-refractivity contribution >= 4 is 28.3 Å². The van der Waals surface area contributed by atoms with Gasteiger partial charge in [0.2, 0.25) is 0 Å². The molecule has 0 heterocycles. The van der Waals surface area contributed by atoms with Crippen LogP contribution in [0.15, 0.2) is 18.2 Å². The number of methoxy groups -OCH3 is 2. The molecule has 0 aromatic heterocycles. The maximum atomic E-state index is 5.50. The third-order valence-electron chi connectivity index (χ3n) is 3.15. The van der Waals surface area contributed by atoms with Gasteiger partial charge in [0.05, 0.1) is 33.0 Å². The molecule has 0 atom stereocenters. The van der Waals surface area contributed by atoms with Crippen LogP contribution in [0.25, 0.3) is 0 Å². The molecule has 0 fully saturated rings. The van der Waals surface area contributed by atoms with E-state index in [2.05, 4.69) is 46.1 Å². The summed E-state index contributed by atoms with van der Waals surface area (Å²) < 4.78 is 22.1. The van der Waals surface area contributed by atoms with E-state index in [4.69, 9.17) is 18.9 Å². The third-order valence-corrected chi connectivity index (χ3v) is 3.77. The normalized spacial score (nSPS) is 10.9. The molecule has 0 radical (unpaired) electrons. The largest absolute Gasteiger partial charge is 0.383 e. The Balaban J connectivity index is 2.25. The summed E-state index contributed by atoms with van der Waals surface area (Å²) in [5, 5.41) is 3.40. The van der Waals surface area contributed by atoms with Crippen molar-refractivity contribution in [1.82, 2.24) is 0 Å². The minimum Gasteiger partial charge on any atom is -0.383 e. The Morgan fingerprint density at radius 3 is 2.26 bits per heavy atom. The Morgan fingerprint density at radius 2 is 1.57 bits per heavy atom. The van der Waals surface area contributed by atoms with E-state index >= 15 is 0 Å². The number of hydrogen-bond donors (Lipinski definition) is 1. The van der Waals surface area contributed by atoms with E-state index in [0.717, 1.165) is 31.7 Å². The molecular formula is C17H28INO4. The highest BCUT2D eigenvalue weighted by Crippen LogP contribution is 2.18. The molecule has 0 saturated heterocycles. The van der Waals surface area contributed by atoms with Gasteiger partial charge in [-0.15, -0.1) is 0 Å². The van der Waals surface area contributed by atoms with Gasteiger partial charge >= 0.3 is 0 Å². The highest BCUT2D eigenvalue weighted by molar-refractivity contribution is 14.1. The second-order valence-corrected chi connectivity index (χ2v) is 6.33. The predicted octanol–water partition coefficient (Wildman–Crippen LogP) is 2.96. The van der Waals surface area contributed by atoms with Crippen molar-refractivity contribution in [2.24, 2.45) is 0 Å². The fourth-order valence-electron chi connectivity index (χ4n) is 2.03. The summed E-state index contributed by atoms with van der Waals surface area (Å²) in [6.45, 7) is 4.84. The van der Waals surface area contributed by atoms with Crippen molar-refractivity contribution in [1.29, 1.82) is 0 Å². The Bertz CT molecular complexity index is 383. The van der Waals surface area contributed by atoms with E-state index in [-0.39, 0.29) is 0 Å². The molecule has 0 saturated carbocycles. The monoisotopic (exact) mass is 437 g/mol. The molecule has 5 nitrogen and oxygen atoms in total. The van der Waals surface area contributed by atoms with Gasteiger partial charge in [-0.05, 0) is 59.2 Å². The van der Waals surface area contributed by atoms with Crippen molar-refractivity contribution in [3.8, 4) is 0 Å². The van der Waals surface area contributed by atoms with Gasteiger partial charge in [0.1, 0.15) is 0 Å². The molecule has 0 aliphatic rings. The van der Waals surface area contributed by atoms with E-state index in [1.807, 2.05) is 0 Å². The molecule has 0 aliphatic carbocycles. The van der Waals surface area contributed by atoms with Gasteiger partial charge in [0, 0.05) is 36.6 Å². The molecule has 0 spiro atoms. The number of anilines is 1. The highest BCUT2D eigenvalue weighted by Gasteiger charge is 2.00. The van der Waals surface area contributed by atoms with Crippen LogP contribution in [-0.4, -0.2) is 60.4 Å². The zero-order valence-corrected chi connectivity index (χ0v) is 16.3. The lowest BCUT2D eigenvalue weighted by Gasteiger charge is -2.10. The van der Waals surface area contributed by atoms with E-state index in [1.54, 1.807) is 14.2 Å². The van der Waals surface area contributed by atoms with Crippen LogP contribution in [0.1, 0.15) is 12.0 Å². The Hall–Kier alpha value is -0.410. The first-order chi connectivity index (χ1) is 11.3. The summed E-state index contributed by atoms with van der Waals surface area (Å²) in [7, 11) is 3.37. The fourth-order valence-corrected chi connectivity index (χ4v) is 2.77. The smallest absolute Gasteiger partial charge is 0.0701 e. The van der Waals surface area contributed by atoms with Crippen LogP contribution in [0.2, 0.25) is 0 Å². The van der Waals surface area contributed by atoms with Crippen LogP contribution in [0, 0.1) is 3.57 Å². The SMILES string of the molecule is COCCOCCCc1cc(I)cc(NCCOCCOC)c1. The molecule has 0 bridgehead atoms. The molecule has 0 aliphatic heterocycles. The van der Waals surface area contributed by atoms with Gasteiger partial charge in [0.15, 0.2) is 0 Å². The average molecular weight is 437 g/mol. The van der Waals surface area contributed by atoms with E-state index in [9.17, 15) is 0 Å². The summed E-state index contributed by atoms with van der Waals surface area (Å²) in [5.74, 6) is 0. The molecule has 132 valence electrons. The average Bonchev–Trinajstić information content (AvgIpc) is 2.53. The van der Waals surface area contributed by atoms with Crippen LogP contribution in [0.5, 0.6) is 0 Å². The van der Waals surface area contributed by atoms with Crippen molar-refractivity contribution < 1.29 is 18.9 Å². The first-order valence-corrected chi connectivity index (χ1v) is 9.01. The van der Waals surface area contributed by atoms with Gasteiger partial charge in [-0.1, -0.05) is 0 Å². The second kappa shape index (κ2) is 14.0. The number of nitrogens with one attached hydrogen (secondary N) is 1. The predicted molar refractivity (Wildman–Crippen MR) is 101 cm³/mol. The third kappa shape index (κ3) is 10.9. The lowest BCUT2D eigenvalue weighted by atomic mass is 10.1. The Morgan fingerprint density at radius 1 is 0.870 bits per heavy atom. The Kier molecular flexibility index (Phi) is 12.5. The first kappa shape index (κ1) is 20.6. The zero-order valence-electron chi connectivity index (χ0n) is 14.1. The van der Waals surface area contributed by atoms with Crippen LogP contribution < -0.4 is 5.32 Å². The summed E-state index contributed by atoms with van der Waals surface area (Å²) >= 11 is 2.35. The summed E-state index contributed by atoms with van der Waals surface area (Å²) in [6, 6.07) is 6.57. The van der Waals surface area contributed by atoms with Crippen LogP contribution in [0.3, 0.4) is 0 Å². The molecule has 0 amide bonds. The Labute approximate surface area is 153 Å².